The van der Waals surface area contributed by atoms with E-state index in [1.54, 1.807) is 187 Å². The molecule has 5 saturated heterocycles. The standard InChI is InChI=1S/C22H19N3O4.C17H14N4O3.2C17H17N3O3.C16H13F2N3O3/c1-15-6-5-13-25(19(15)26)14-22(20(27)23-21(28)24-22)16-9-11-18(12-10-16)29-17-7-3-2-4-8-17;1-11-4-3-9-21(14(11)22)10-17(15(23)19-16(24)20-17)12-5-7-13(18-2)8-6-12;1-11-5-3-7-13(9-11)17(15(22)18-16(23)19-17)10-20-8-4-6-12(2)14(20)21;1-11-5-7-13(8-6-11)17(15(22)18-16(23)19-17)10-20-9-3-4-12(2)14(20)21;1-9-3-2-6-21(13(9)22)8-16(14(23)19-15(24)20-16)10-4-5-11(17)12(18)7-10/h2-13H,14H2,1H3,(H2,23,24,27,28);3-9H,10H2,1H3,(H2,19,20,23,24);2*3-9H,10H2,1-2H3,(H2,18,19,22,23);2-7H,8H2,1H3,(H2,19,20,23,24). The van der Waals surface area contributed by atoms with E-state index in [1.165, 1.54) is 35.1 Å². The van der Waals surface area contributed by atoms with Crippen molar-refractivity contribution in [1.29, 1.82) is 0 Å². The Labute approximate surface area is 698 Å². The minimum Gasteiger partial charge on any atom is -0.457 e. The number of nitrogens with one attached hydrogen (secondary N) is 10. The maximum atomic E-state index is 13.6. The monoisotopic (exact) mass is 1670 g/mol. The highest BCUT2D eigenvalue weighted by Crippen LogP contribution is 2.35. The van der Waals surface area contributed by atoms with Crippen molar-refractivity contribution in [2.75, 3.05) is 0 Å². The van der Waals surface area contributed by atoms with Gasteiger partial charge in [-0.15, -0.1) is 0 Å². The summed E-state index contributed by atoms with van der Waals surface area (Å²) < 4.78 is 39.6. The van der Waals surface area contributed by atoms with Crippen LogP contribution in [0.15, 0.2) is 261 Å². The maximum absolute atomic E-state index is 13.6. The van der Waals surface area contributed by atoms with Crippen molar-refractivity contribution >= 4 is 65.4 Å². The Morgan fingerprint density at radius 1 is 0.293 bits per heavy atom. The predicted octanol–water partition coefficient (Wildman–Crippen LogP) is 7.70. The lowest BCUT2D eigenvalue weighted by molar-refractivity contribution is -0.125. The summed E-state index contributed by atoms with van der Waals surface area (Å²) in [6.07, 6.45) is 7.85. The van der Waals surface area contributed by atoms with E-state index in [-0.39, 0.29) is 66.1 Å². The molecular formula is C89H80F2N16O16. The topological polar surface area (TPSA) is 415 Å². The second kappa shape index (κ2) is 35.6. The molecule has 0 radical (unpaired) electrons. The Morgan fingerprint density at radius 2 is 0.577 bits per heavy atom. The van der Waals surface area contributed by atoms with Gasteiger partial charge in [0.1, 0.15) is 11.5 Å². The zero-order chi connectivity index (χ0) is 88.5. The van der Waals surface area contributed by atoms with Gasteiger partial charge in [-0.2, -0.15) is 0 Å². The van der Waals surface area contributed by atoms with E-state index in [2.05, 4.69) is 58.0 Å². The minimum absolute atomic E-state index is 0.0238. The first-order valence-electron chi connectivity index (χ1n) is 38.0. The van der Waals surface area contributed by atoms with Crippen molar-refractivity contribution in [3.63, 3.8) is 0 Å². The van der Waals surface area contributed by atoms with Gasteiger partial charge in [-0.3, -0.25) is 74.5 Å². The van der Waals surface area contributed by atoms with E-state index in [1.807, 2.05) is 74.5 Å². The van der Waals surface area contributed by atoms with Gasteiger partial charge in [0, 0.05) is 58.8 Å². The van der Waals surface area contributed by atoms with Crippen LogP contribution in [0, 0.1) is 66.7 Å². The lowest BCUT2D eigenvalue weighted by atomic mass is 9.88. The molecule has 6 aromatic carbocycles. The van der Waals surface area contributed by atoms with Gasteiger partial charge in [0.25, 0.3) is 57.3 Å². The number of hydrogen-bond donors (Lipinski definition) is 10. The summed E-state index contributed by atoms with van der Waals surface area (Å²) in [5.41, 5.74) is -0.728. The number of benzene rings is 6. The second-order valence-electron chi connectivity index (χ2n) is 29.7. The zero-order valence-electron chi connectivity index (χ0n) is 67.0. The molecule has 0 aliphatic carbocycles. The summed E-state index contributed by atoms with van der Waals surface area (Å²) in [4.78, 5) is 186. The first-order chi connectivity index (χ1) is 58.6. The fourth-order valence-electron chi connectivity index (χ4n) is 14.4. The van der Waals surface area contributed by atoms with E-state index < -0.39 is 99.0 Å². The summed E-state index contributed by atoms with van der Waals surface area (Å²) in [5.74, 6) is -3.65. The Balaban J connectivity index is 0.000000141. The number of hydrogen-bond acceptors (Lipinski definition) is 16. The summed E-state index contributed by atoms with van der Waals surface area (Å²) in [7, 11) is 0. The van der Waals surface area contributed by atoms with Crippen molar-refractivity contribution in [1.82, 2.24) is 76.0 Å². The summed E-state index contributed by atoms with van der Waals surface area (Å²) in [6.45, 7) is 19.0. The third kappa shape index (κ3) is 18.2. The Bertz CT molecular complexity index is 6450. The van der Waals surface area contributed by atoms with Crippen LogP contribution in [0.25, 0.3) is 4.85 Å². The molecule has 10 heterocycles. The molecule has 5 aliphatic heterocycles. The lowest BCUT2D eigenvalue weighted by Gasteiger charge is -2.27. The molecule has 0 saturated carbocycles. The smallest absolute Gasteiger partial charge is 0.322 e. The molecule has 5 unspecified atom stereocenters. The average molecular weight is 1670 g/mol. The van der Waals surface area contributed by atoms with Crippen molar-refractivity contribution in [2.45, 2.75) is 109 Å². The van der Waals surface area contributed by atoms with E-state index in [0.717, 1.165) is 23.3 Å². The number of amides is 15. The van der Waals surface area contributed by atoms with Gasteiger partial charge in [0.2, 0.25) is 0 Å². The maximum Gasteiger partial charge on any atom is 0.322 e. The number of halogens is 2. The number of aromatic nitrogens is 5. The number of imide groups is 5. The highest BCUT2D eigenvalue weighted by molar-refractivity contribution is 6.10. The van der Waals surface area contributed by atoms with Gasteiger partial charge in [-0.25, -0.2) is 37.6 Å². The van der Waals surface area contributed by atoms with Crippen molar-refractivity contribution in [2.24, 2.45) is 0 Å². The molecule has 11 aromatic rings. The van der Waals surface area contributed by atoms with Crippen LogP contribution in [0.4, 0.5) is 38.4 Å². The zero-order valence-corrected chi connectivity index (χ0v) is 67.0. The summed E-state index contributed by atoms with van der Waals surface area (Å²) in [6, 6.07) is 54.0. The third-order valence-corrected chi connectivity index (χ3v) is 21.1. The first kappa shape index (κ1) is 86.3. The first-order valence-corrected chi connectivity index (χ1v) is 38.0. The van der Waals surface area contributed by atoms with Crippen LogP contribution in [0.2, 0.25) is 0 Å². The number of pyridine rings is 5. The van der Waals surface area contributed by atoms with Crippen LogP contribution in [-0.2, 0) is 84.4 Å². The van der Waals surface area contributed by atoms with E-state index in [9.17, 15) is 80.7 Å². The van der Waals surface area contributed by atoms with Crippen LogP contribution in [0.5, 0.6) is 11.5 Å². The van der Waals surface area contributed by atoms with E-state index in [0.29, 0.717) is 67.3 Å². The van der Waals surface area contributed by atoms with Gasteiger partial charge in [0.15, 0.2) is 45.0 Å². The van der Waals surface area contributed by atoms with Gasteiger partial charge in [0.05, 0.1) is 39.3 Å². The van der Waals surface area contributed by atoms with Crippen molar-refractivity contribution < 1.29 is 61.5 Å². The molecule has 5 atom stereocenters. The average Bonchev–Trinajstić information content (AvgIpc) is 1.67. The highest BCUT2D eigenvalue weighted by Gasteiger charge is 2.53. The number of rotatable bonds is 17. The van der Waals surface area contributed by atoms with E-state index >= 15 is 0 Å². The molecule has 123 heavy (non-hydrogen) atoms. The van der Waals surface area contributed by atoms with Gasteiger partial charge < -0.3 is 54.2 Å². The van der Waals surface area contributed by atoms with Gasteiger partial charge in [-0.1, -0.05) is 151 Å². The normalized spacial score (nSPS) is 19.6. The number of carbonyl (C=O) groups excluding carboxylic acids is 10. The van der Waals surface area contributed by atoms with Crippen molar-refractivity contribution in [3.8, 4) is 11.5 Å². The fourth-order valence-corrected chi connectivity index (χ4v) is 14.4. The molecule has 0 bridgehead atoms. The quantitative estimate of drug-likeness (QED) is 0.0308. The number of ether oxygens (including phenoxy) is 1. The fraction of sp³-hybridized carbons (Fsp3) is 0.191. The Hall–Kier alpha value is -16.1. The SMILES string of the molecule is Cc1ccc(C2(Cn3cccc(C)c3=O)NC(=O)NC2=O)cc1.Cc1cccc(C2(Cn3cccc(C)c3=O)NC(=O)NC2=O)c1.Cc1cccn(CC2(c3ccc(F)c(F)c3)NC(=O)NC2=O)c1=O.Cc1cccn(CC2(c3ccc(Oc4ccccc4)cc3)NC(=O)NC2=O)c1=O.[C-]#[N+]c1ccc(C2(Cn3cccc(C)c3=O)NC(=O)NC2=O)cc1. The molecule has 5 aromatic heterocycles. The molecule has 10 N–H and O–H groups in total. The molecule has 0 spiro atoms. The molecule has 34 heteroatoms. The molecule has 15 amide bonds. The molecule has 16 rings (SSSR count). The van der Waals surface area contributed by atoms with Crippen LogP contribution >= 0.6 is 0 Å². The molecule has 5 fully saturated rings. The van der Waals surface area contributed by atoms with Crippen LogP contribution in [-0.4, -0.2) is 82.5 Å². The predicted molar refractivity (Wildman–Crippen MR) is 443 cm³/mol. The van der Waals surface area contributed by atoms with Crippen LogP contribution in [0.1, 0.15) is 66.8 Å². The number of urea groups is 5. The van der Waals surface area contributed by atoms with Gasteiger partial charge in [-0.05, 0) is 143 Å². The second-order valence-corrected chi connectivity index (χ2v) is 29.7. The van der Waals surface area contributed by atoms with Gasteiger partial charge >= 0.3 is 30.2 Å². The summed E-state index contributed by atoms with van der Waals surface area (Å²) in [5, 5.41) is 24.3. The lowest BCUT2D eigenvalue weighted by Crippen LogP contribution is -2.49. The largest absolute Gasteiger partial charge is 0.457 e. The van der Waals surface area contributed by atoms with Crippen LogP contribution < -0.4 is 85.7 Å². The number of para-hydroxylation sites is 1. The Morgan fingerprint density at radius 3 is 0.870 bits per heavy atom. The van der Waals surface area contributed by atoms with E-state index in [4.69, 9.17) is 11.3 Å². The highest BCUT2D eigenvalue weighted by atomic mass is 19.2. The number of nitrogens with zero attached hydrogens (tertiary/aromatic N) is 6. The number of aryl methyl sites for hydroxylation is 7. The van der Waals surface area contributed by atoms with Crippen LogP contribution in [0.3, 0.4) is 0 Å². The molecule has 32 nitrogen and oxygen atoms in total. The molecule has 5 aliphatic rings. The minimum atomic E-state index is -1.71. The Kier molecular flexibility index (Phi) is 25.0. The third-order valence-electron chi connectivity index (χ3n) is 21.1. The summed E-state index contributed by atoms with van der Waals surface area (Å²) >= 11 is 0. The molecular weight excluding hydrogens is 1590 g/mol. The number of carbonyl (C=O) groups is 10. The molecule has 626 valence electrons. The van der Waals surface area contributed by atoms with Crippen molar-refractivity contribution in [3.05, 3.63) is 379 Å².